The van der Waals surface area contributed by atoms with Crippen LogP contribution in [0.3, 0.4) is 0 Å². The number of carbonyl (C=O) groups is 1. The Morgan fingerprint density at radius 3 is 2.47 bits per heavy atom. The Hall–Kier alpha value is -4.06. The number of nitrogens with one attached hydrogen (secondary N) is 2. The molecule has 4 aromatic rings. The lowest BCUT2D eigenvalue weighted by molar-refractivity contribution is 0.252. The number of hydrogen-bond acceptors (Lipinski definition) is 3. The topological polar surface area (TPSA) is 67.6 Å². The van der Waals surface area contributed by atoms with Crippen LogP contribution in [0.1, 0.15) is 11.1 Å². The van der Waals surface area contributed by atoms with Crippen molar-refractivity contribution in [3.63, 3.8) is 0 Å². The summed E-state index contributed by atoms with van der Waals surface area (Å²) in [5.74, 6) is 0.779. The first-order chi connectivity index (χ1) is 14.7. The maximum Gasteiger partial charge on any atom is 0.339 e. The highest BCUT2D eigenvalue weighted by Gasteiger charge is 2.31. The highest BCUT2D eigenvalue weighted by Crippen LogP contribution is 2.43. The summed E-state index contributed by atoms with van der Waals surface area (Å²) < 4.78 is 7.60. The van der Waals surface area contributed by atoms with Crippen molar-refractivity contribution in [3.8, 4) is 17.0 Å². The number of anilines is 1. The van der Waals surface area contributed by atoms with Gasteiger partial charge in [-0.3, -0.25) is 0 Å². The van der Waals surface area contributed by atoms with Crippen molar-refractivity contribution in [2.75, 3.05) is 12.4 Å². The van der Waals surface area contributed by atoms with E-state index in [-0.39, 0.29) is 0 Å². The molecule has 0 unspecified atom stereocenters. The number of methoxy groups -OCH3 is 1. The first-order valence-corrected chi connectivity index (χ1v) is 9.63. The fourth-order valence-electron chi connectivity index (χ4n) is 4.04. The van der Waals surface area contributed by atoms with Crippen molar-refractivity contribution in [1.29, 1.82) is 0 Å². The van der Waals surface area contributed by atoms with Gasteiger partial charge in [0.15, 0.2) is 0 Å². The first kappa shape index (κ1) is 18.0. The molecule has 0 atom stereocenters. The average Bonchev–Trinajstić information content (AvgIpc) is 3.26. The Bertz CT molecular complexity index is 1310. The number of amides is 2. The summed E-state index contributed by atoms with van der Waals surface area (Å²) in [6.07, 6.45) is 0. The third-order valence-electron chi connectivity index (χ3n) is 5.38. The standard InChI is InChI=1S/C24H20N4O2/c1-28-20-13-12-16(30-2)14-19(20)21-22(17-10-6-7-11-18(17)23(21)28)26-27-24(29)25-15-8-4-3-5-9-15/h3-14H,1-2H3,(H2,25,27,29)/b26-22+. The molecule has 0 fully saturated rings. The number of urea groups is 1. The van der Waals surface area contributed by atoms with Gasteiger partial charge in [-0.1, -0.05) is 42.5 Å². The van der Waals surface area contributed by atoms with Crippen LogP contribution in [0.25, 0.3) is 22.2 Å². The number of aryl methyl sites for hydroxylation is 1. The van der Waals surface area contributed by atoms with Gasteiger partial charge in [0.2, 0.25) is 0 Å². The molecule has 1 heterocycles. The maximum absolute atomic E-state index is 12.4. The van der Waals surface area contributed by atoms with Gasteiger partial charge in [0.25, 0.3) is 0 Å². The van der Waals surface area contributed by atoms with Crippen LogP contribution in [0.4, 0.5) is 10.5 Å². The lowest BCUT2D eigenvalue weighted by Gasteiger charge is -2.07. The molecule has 0 radical (unpaired) electrons. The molecule has 0 saturated carbocycles. The Morgan fingerprint density at radius 2 is 1.70 bits per heavy atom. The minimum absolute atomic E-state index is 0.391. The Morgan fingerprint density at radius 1 is 0.967 bits per heavy atom. The van der Waals surface area contributed by atoms with Crippen LogP contribution in [0.2, 0.25) is 0 Å². The molecule has 30 heavy (non-hydrogen) atoms. The van der Waals surface area contributed by atoms with E-state index in [1.807, 2.05) is 73.8 Å². The van der Waals surface area contributed by atoms with E-state index >= 15 is 0 Å². The fraction of sp³-hybridized carbons (Fsp3) is 0.0833. The van der Waals surface area contributed by atoms with Gasteiger partial charge in [0.1, 0.15) is 11.5 Å². The van der Waals surface area contributed by atoms with Gasteiger partial charge in [0, 0.05) is 40.3 Å². The molecule has 3 aromatic carbocycles. The number of nitrogens with zero attached hydrogens (tertiary/aromatic N) is 2. The van der Waals surface area contributed by atoms with Crippen LogP contribution in [0.15, 0.2) is 77.9 Å². The molecule has 0 saturated heterocycles. The summed E-state index contributed by atoms with van der Waals surface area (Å²) in [5, 5.41) is 8.35. The summed E-state index contributed by atoms with van der Waals surface area (Å²) in [5.41, 5.74) is 9.33. The second kappa shape index (κ2) is 7.08. The van der Waals surface area contributed by atoms with Crippen LogP contribution in [-0.2, 0) is 7.05 Å². The second-order valence-corrected chi connectivity index (χ2v) is 7.10. The number of ether oxygens (including phenoxy) is 1. The largest absolute Gasteiger partial charge is 0.497 e. The molecule has 2 N–H and O–H groups in total. The van der Waals surface area contributed by atoms with E-state index in [4.69, 9.17) is 4.74 Å². The number of hydrazone groups is 1. The highest BCUT2D eigenvalue weighted by molar-refractivity contribution is 6.30. The molecule has 1 aliphatic carbocycles. The van der Waals surface area contributed by atoms with Gasteiger partial charge in [-0.2, -0.15) is 5.10 Å². The SMILES string of the molecule is COc1ccc2c(c1)c1c(n2C)-c2ccccc2/C1=N\NC(=O)Nc1ccccc1. The molecular weight excluding hydrogens is 376 g/mol. The van der Waals surface area contributed by atoms with Crippen molar-refractivity contribution in [1.82, 2.24) is 9.99 Å². The number of para-hydroxylation sites is 1. The molecule has 5 rings (SSSR count). The van der Waals surface area contributed by atoms with E-state index in [0.717, 1.165) is 44.7 Å². The van der Waals surface area contributed by atoms with Gasteiger partial charge >= 0.3 is 6.03 Å². The van der Waals surface area contributed by atoms with Crippen molar-refractivity contribution in [2.45, 2.75) is 0 Å². The molecule has 6 nitrogen and oxygen atoms in total. The maximum atomic E-state index is 12.4. The molecule has 2 amide bonds. The predicted octanol–water partition coefficient (Wildman–Crippen LogP) is 4.74. The Kier molecular flexibility index (Phi) is 4.25. The summed E-state index contributed by atoms with van der Waals surface area (Å²) in [7, 11) is 3.70. The van der Waals surface area contributed by atoms with E-state index in [1.165, 1.54) is 0 Å². The van der Waals surface area contributed by atoms with E-state index in [0.29, 0.717) is 5.69 Å². The van der Waals surface area contributed by atoms with Crippen LogP contribution in [0, 0.1) is 0 Å². The van der Waals surface area contributed by atoms with Gasteiger partial charge in [-0.05, 0) is 30.3 Å². The second-order valence-electron chi connectivity index (χ2n) is 7.10. The zero-order chi connectivity index (χ0) is 20.7. The molecule has 0 spiro atoms. The van der Waals surface area contributed by atoms with Crippen LogP contribution in [0.5, 0.6) is 5.75 Å². The van der Waals surface area contributed by atoms with Gasteiger partial charge in [0.05, 0.1) is 12.8 Å². The van der Waals surface area contributed by atoms with Crippen molar-refractivity contribution < 1.29 is 9.53 Å². The molecule has 1 aromatic heterocycles. The van der Waals surface area contributed by atoms with Crippen LogP contribution >= 0.6 is 0 Å². The number of benzene rings is 3. The number of aromatic nitrogens is 1. The zero-order valence-electron chi connectivity index (χ0n) is 16.6. The summed E-state index contributed by atoms with van der Waals surface area (Å²) >= 11 is 0. The fourth-order valence-corrected chi connectivity index (χ4v) is 4.04. The summed E-state index contributed by atoms with van der Waals surface area (Å²) in [4.78, 5) is 12.4. The monoisotopic (exact) mass is 396 g/mol. The predicted molar refractivity (Wildman–Crippen MR) is 119 cm³/mol. The van der Waals surface area contributed by atoms with Gasteiger partial charge in [-0.15, -0.1) is 0 Å². The van der Waals surface area contributed by atoms with Crippen LogP contribution < -0.4 is 15.5 Å². The molecule has 0 bridgehead atoms. The first-order valence-electron chi connectivity index (χ1n) is 9.63. The average molecular weight is 396 g/mol. The Balaban J connectivity index is 1.60. The Labute approximate surface area is 173 Å². The quantitative estimate of drug-likeness (QED) is 0.433. The summed E-state index contributed by atoms with van der Waals surface area (Å²) in [6.45, 7) is 0. The van der Waals surface area contributed by atoms with E-state index in [9.17, 15) is 4.79 Å². The van der Waals surface area contributed by atoms with E-state index in [1.54, 1.807) is 7.11 Å². The van der Waals surface area contributed by atoms with Crippen molar-refractivity contribution in [2.24, 2.45) is 12.1 Å². The normalized spacial score (nSPS) is 13.2. The number of fused-ring (bicyclic) bond motifs is 5. The molecular formula is C24H20N4O2. The van der Waals surface area contributed by atoms with Crippen molar-refractivity contribution >= 4 is 28.3 Å². The van der Waals surface area contributed by atoms with Crippen LogP contribution in [-0.4, -0.2) is 23.4 Å². The minimum Gasteiger partial charge on any atom is -0.497 e. The lowest BCUT2D eigenvalue weighted by atomic mass is 10.1. The lowest BCUT2D eigenvalue weighted by Crippen LogP contribution is -2.25. The highest BCUT2D eigenvalue weighted by atomic mass is 16.5. The number of carbonyl (C=O) groups excluding carboxylic acids is 1. The van der Waals surface area contributed by atoms with Gasteiger partial charge < -0.3 is 14.6 Å². The number of rotatable bonds is 3. The third-order valence-corrected chi connectivity index (χ3v) is 5.38. The van der Waals surface area contributed by atoms with E-state index < -0.39 is 6.03 Å². The smallest absolute Gasteiger partial charge is 0.339 e. The molecule has 6 heteroatoms. The van der Waals surface area contributed by atoms with Gasteiger partial charge in [-0.25, -0.2) is 10.2 Å². The minimum atomic E-state index is -0.391. The molecule has 148 valence electrons. The number of hydrogen-bond donors (Lipinski definition) is 2. The third kappa shape index (κ3) is 2.81. The zero-order valence-corrected chi connectivity index (χ0v) is 16.6. The summed E-state index contributed by atoms with van der Waals surface area (Å²) in [6, 6.07) is 23.0. The molecule has 0 aliphatic heterocycles. The molecule has 1 aliphatic rings. The van der Waals surface area contributed by atoms with E-state index in [2.05, 4.69) is 26.5 Å². The van der Waals surface area contributed by atoms with Crippen molar-refractivity contribution in [3.05, 3.63) is 83.9 Å².